The molecule has 2 unspecified atom stereocenters. The van der Waals surface area contributed by atoms with Crippen LogP contribution in [0.25, 0.3) is 0 Å². The predicted molar refractivity (Wildman–Crippen MR) is 68.9 cm³/mol. The van der Waals surface area contributed by atoms with Crippen LogP contribution in [0.3, 0.4) is 0 Å². The van der Waals surface area contributed by atoms with Gasteiger partial charge in [0.2, 0.25) is 0 Å². The van der Waals surface area contributed by atoms with Gasteiger partial charge in [-0.2, -0.15) is 0 Å². The van der Waals surface area contributed by atoms with Crippen molar-refractivity contribution in [1.29, 1.82) is 0 Å². The van der Waals surface area contributed by atoms with Gasteiger partial charge < -0.3 is 20.5 Å². The van der Waals surface area contributed by atoms with E-state index in [1.54, 1.807) is 0 Å². The van der Waals surface area contributed by atoms with E-state index in [1.807, 2.05) is 0 Å². The molecule has 0 aromatic heterocycles. The highest BCUT2D eigenvalue weighted by Crippen LogP contribution is 2.25. The highest BCUT2D eigenvalue weighted by atomic mass is 16.5. The third kappa shape index (κ3) is 3.18. The van der Waals surface area contributed by atoms with Gasteiger partial charge >= 0.3 is 12.0 Å². The molecule has 2 rings (SSSR count). The fourth-order valence-corrected chi connectivity index (χ4v) is 2.89. The van der Waals surface area contributed by atoms with Crippen LogP contribution in [-0.4, -0.2) is 41.9 Å². The maximum atomic E-state index is 12.0. The van der Waals surface area contributed by atoms with E-state index in [2.05, 4.69) is 17.6 Å². The van der Waals surface area contributed by atoms with Gasteiger partial charge in [-0.3, -0.25) is 0 Å². The molecule has 108 valence electrons. The van der Waals surface area contributed by atoms with Crippen LogP contribution >= 0.6 is 0 Å². The predicted octanol–water partition coefficient (Wildman–Crippen LogP) is 1.11. The number of carbonyl (C=O) groups excluding carboxylic acids is 1. The zero-order chi connectivity index (χ0) is 13.9. The molecule has 6 heteroatoms. The first-order chi connectivity index (χ1) is 9.03. The minimum atomic E-state index is -1.18. The first-order valence-corrected chi connectivity index (χ1v) is 6.93. The largest absolute Gasteiger partial charge is 0.480 e. The highest BCUT2D eigenvalue weighted by molar-refractivity contribution is 5.86. The quantitative estimate of drug-likeness (QED) is 0.717. The summed E-state index contributed by atoms with van der Waals surface area (Å²) >= 11 is 0. The minimum Gasteiger partial charge on any atom is -0.480 e. The third-order valence-electron chi connectivity index (χ3n) is 4.29. The Labute approximate surface area is 112 Å². The molecule has 1 heterocycles. The maximum Gasteiger partial charge on any atom is 0.329 e. The first-order valence-electron chi connectivity index (χ1n) is 6.93. The van der Waals surface area contributed by atoms with Gasteiger partial charge in [-0.15, -0.1) is 0 Å². The summed E-state index contributed by atoms with van der Waals surface area (Å²) in [5.74, 6) is -0.522. The molecule has 1 saturated heterocycles. The van der Waals surface area contributed by atoms with E-state index in [1.165, 1.54) is 0 Å². The van der Waals surface area contributed by atoms with Gasteiger partial charge in [0.1, 0.15) is 5.54 Å². The van der Waals surface area contributed by atoms with Crippen LogP contribution in [0, 0.1) is 5.92 Å². The van der Waals surface area contributed by atoms with E-state index in [-0.39, 0.29) is 12.1 Å². The summed E-state index contributed by atoms with van der Waals surface area (Å²) < 4.78 is 5.17. The lowest BCUT2D eigenvalue weighted by Gasteiger charge is -2.34. The highest BCUT2D eigenvalue weighted by Gasteiger charge is 2.42. The summed E-state index contributed by atoms with van der Waals surface area (Å²) in [5, 5.41) is 14.9. The zero-order valence-corrected chi connectivity index (χ0v) is 11.3. The number of carboxylic acids is 1. The summed E-state index contributed by atoms with van der Waals surface area (Å²) in [6.07, 6.45) is 3.83. The second-order valence-corrected chi connectivity index (χ2v) is 5.61. The molecular formula is C13H22N2O4. The number of carbonyl (C=O) groups is 2. The molecule has 2 amide bonds. The molecule has 0 spiro atoms. The molecule has 2 fully saturated rings. The van der Waals surface area contributed by atoms with Crippen LogP contribution in [0.15, 0.2) is 0 Å². The molecule has 6 nitrogen and oxygen atoms in total. The topological polar surface area (TPSA) is 87.7 Å². The van der Waals surface area contributed by atoms with Gasteiger partial charge in [-0.25, -0.2) is 9.59 Å². The number of aliphatic carboxylic acids is 1. The Morgan fingerprint density at radius 3 is 2.47 bits per heavy atom. The van der Waals surface area contributed by atoms with Crippen molar-refractivity contribution in [3.8, 4) is 0 Å². The van der Waals surface area contributed by atoms with Gasteiger partial charge in [0.05, 0.1) is 0 Å². The van der Waals surface area contributed by atoms with Crippen LogP contribution in [0.5, 0.6) is 0 Å². The van der Waals surface area contributed by atoms with E-state index in [9.17, 15) is 14.7 Å². The molecule has 0 bridgehead atoms. The molecule has 0 aromatic carbocycles. The molecule has 2 aliphatic rings. The van der Waals surface area contributed by atoms with Crippen LogP contribution in [0.1, 0.15) is 39.0 Å². The zero-order valence-electron chi connectivity index (χ0n) is 11.3. The van der Waals surface area contributed by atoms with Crippen LogP contribution < -0.4 is 10.6 Å². The van der Waals surface area contributed by atoms with Gasteiger partial charge in [0.15, 0.2) is 0 Å². The molecule has 3 N–H and O–H groups in total. The van der Waals surface area contributed by atoms with Gasteiger partial charge in [-0.1, -0.05) is 13.3 Å². The molecule has 2 atom stereocenters. The molecule has 19 heavy (non-hydrogen) atoms. The lowest BCUT2D eigenvalue weighted by molar-refractivity contribution is -0.148. The van der Waals surface area contributed by atoms with Crippen LogP contribution in [-0.2, 0) is 9.53 Å². The Balaban J connectivity index is 1.93. The number of hydrogen-bond acceptors (Lipinski definition) is 3. The maximum absolute atomic E-state index is 12.0. The van der Waals surface area contributed by atoms with Crippen molar-refractivity contribution in [1.82, 2.24) is 10.6 Å². The average molecular weight is 270 g/mol. The van der Waals surface area contributed by atoms with Crippen molar-refractivity contribution in [3.05, 3.63) is 0 Å². The van der Waals surface area contributed by atoms with E-state index in [0.717, 1.165) is 19.3 Å². The van der Waals surface area contributed by atoms with Crippen LogP contribution in [0.4, 0.5) is 4.79 Å². The van der Waals surface area contributed by atoms with Crippen molar-refractivity contribution < 1.29 is 19.4 Å². The molecular weight excluding hydrogens is 248 g/mol. The lowest BCUT2D eigenvalue weighted by atomic mass is 9.90. The minimum absolute atomic E-state index is 0.158. The van der Waals surface area contributed by atoms with Crippen LogP contribution in [0.2, 0.25) is 0 Å². The number of amides is 2. The molecule has 1 aliphatic heterocycles. The lowest BCUT2D eigenvalue weighted by Crippen LogP contribution is -2.60. The molecule has 0 radical (unpaired) electrons. The fourth-order valence-electron chi connectivity index (χ4n) is 2.89. The Morgan fingerprint density at radius 2 is 1.95 bits per heavy atom. The van der Waals surface area contributed by atoms with Crippen molar-refractivity contribution in [2.24, 2.45) is 5.92 Å². The molecule has 0 aromatic rings. The molecule has 1 saturated carbocycles. The number of urea groups is 1. The molecule has 1 aliphatic carbocycles. The third-order valence-corrected chi connectivity index (χ3v) is 4.29. The van der Waals surface area contributed by atoms with Crippen molar-refractivity contribution in [2.45, 2.75) is 50.6 Å². The van der Waals surface area contributed by atoms with Gasteiger partial charge in [0, 0.05) is 32.1 Å². The number of rotatable bonds is 3. The Morgan fingerprint density at radius 1 is 1.26 bits per heavy atom. The van der Waals surface area contributed by atoms with E-state index in [4.69, 9.17) is 4.74 Å². The normalized spacial score (nSPS) is 29.7. The van der Waals surface area contributed by atoms with Crippen molar-refractivity contribution in [2.75, 3.05) is 13.2 Å². The number of carboxylic acid groups (broad SMARTS) is 1. The monoisotopic (exact) mass is 270 g/mol. The summed E-state index contributed by atoms with van der Waals surface area (Å²) in [4.78, 5) is 23.4. The van der Waals surface area contributed by atoms with E-state index < -0.39 is 11.5 Å². The SMILES string of the molecule is CC1CCCC1NC(=O)NC1(C(=O)O)CCOCC1. The Bertz CT molecular complexity index is 353. The summed E-state index contributed by atoms with van der Waals surface area (Å²) in [6, 6.07) is -0.214. The van der Waals surface area contributed by atoms with Gasteiger partial charge in [0.25, 0.3) is 0 Å². The first kappa shape index (κ1) is 14.1. The summed E-state index contributed by atoms with van der Waals surface area (Å²) in [5.41, 5.74) is -1.18. The average Bonchev–Trinajstić information content (AvgIpc) is 2.76. The summed E-state index contributed by atoms with van der Waals surface area (Å²) in [7, 11) is 0. The second-order valence-electron chi connectivity index (χ2n) is 5.61. The Kier molecular flexibility index (Phi) is 4.29. The van der Waals surface area contributed by atoms with E-state index >= 15 is 0 Å². The number of hydrogen-bond donors (Lipinski definition) is 3. The summed E-state index contributed by atoms with van der Waals surface area (Å²) in [6.45, 7) is 2.85. The fraction of sp³-hybridized carbons (Fsp3) is 0.846. The van der Waals surface area contributed by atoms with E-state index in [0.29, 0.717) is 32.0 Å². The standard InChI is InChI=1S/C13H22N2O4/c1-9-3-2-4-10(9)14-12(18)15-13(11(16)17)5-7-19-8-6-13/h9-10H,2-8H2,1H3,(H,16,17)(H2,14,15,18). The Hall–Kier alpha value is -1.30. The number of ether oxygens (including phenoxy) is 1. The van der Waals surface area contributed by atoms with Gasteiger partial charge in [-0.05, 0) is 18.8 Å². The second kappa shape index (κ2) is 5.77. The smallest absolute Gasteiger partial charge is 0.329 e. The van der Waals surface area contributed by atoms with Crippen molar-refractivity contribution in [3.63, 3.8) is 0 Å². The van der Waals surface area contributed by atoms with Crippen molar-refractivity contribution >= 4 is 12.0 Å². The number of nitrogens with one attached hydrogen (secondary N) is 2.